The molecule has 0 saturated heterocycles. The molecule has 122 valence electrons. The number of hydrogen-bond donors (Lipinski definition) is 3. The quantitative estimate of drug-likeness (QED) is 0.476. The number of aryl methyl sites for hydroxylation is 1. The molecule has 0 aliphatic carbocycles. The molecule has 0 unspecified atom stereocenters. The molecule has 0 atom stereocenters. The Balaban J connectivity index is 1.67. The number of rotatable bonds is 5. The molecule has 0 saturated carbocycles. The summed E-state index contributed by atoms with van der Waals surface area (Å²) in [5, 5.41) is 8.12. The first-order chi connectivity index (χ1) is 11.6. The van der Waals surface area contributed by atoms with Crippen molar-refractivity contribution >= 4 is 45.9 Å². The van der Waals surface area contributed by atoms with E-state index in [0.29, 0.717) is 20.9 Å². The second kappa shape index (κ2) is 7.29. The summed E-state index contributed by atoms with van der Waals surface area (Å²) >= 11 is 7.46. The molecule has 0 aliphatic heterocycles. The Hall–Kier alpha value is -2.64. The predicted octanol–water partition coefficient (Wildman–Crippen LogP) is 3.94. The molecule has 8 heteroatoms. The molecule has 1 aromatic carbocycles. The molecule has 1 amide bonds. The van der Waals surface area contributed by atoms with E-state index in [1.54, 1.807) is 18.3 Å². The van der Waals surface area contributed by atoms with Crippen molar-refractivity contribution in [3.05, 3.63) is 63.9 Å². The van der Waals surface area contributed by atoms with Crippen LogP contribution in [-0.4, -0.2) is 22.1 Å². The number of amides is 1. The second-order valence-electron chi connectivity index (χ2n) is 4.90. The van der Waals surface area contributed by atoms with Crippen LogP contribution in [0.3, 0.4) is 0 Å². The monoisotopic (exact) mass is 359 g/mol. The van der Waals surface area contributed by atoms with Gasteiger partial charge in [-0.1, -0.05) is 41.1 Å². The SMILES string of the molecule is Cc1ccccc1Nc1nc(Cl)c(/C=N/NC(=O)c2ccc[nH]2)s1. The summed E-state index contributed by atoms with van der Waals surface area (Å²) in [4.78, 5) is 19.5. The summed E-state index contributed by atoms with van der Waals surface area (Å²) in [6, 6.07) is 11.3. The number of carbonyl (C=O) groups excluding carboxylic acids is 1. The van der Waals surface area contributed by atoms with E-state index >= 15 is 0 Å². The van der Waals surface area contributed by atoms with E-state index in [0.717, 1.165) is 11.3 Å². The Labute approximate surface area is 147 Å². The van der Waals surface area contributed by atoms with Crippen molar-refractivity contribution in [3.63, 3.8) is 0 Å². The lowest BCUT2D eigenvalue weighted by atomic mass is 10.2. The van der Waals surface area contributed by atoms with Gasteiger partial charge in [0.15, 0.2) is 10.3 Å². The van der Waals surface area contributed by atoms with Crippen molar-refractivity contribution in [2.75, 3.05) is 5.32 Å². The van der Waals surface area contributed by atoms with Crippen LogP contribution in [0.4, 0.5) is 10.8 Å². The summed E-state index contributed by atoms with van der Waals surface area (Å²) in [6.07, 6.45) is 3.14. The van der Waals surface area contributed by atoms with Crippen LogP contribution in [0.1, 0.15) is 20.9 Å². The topological polar surface area (TPSA) is 82.2 Å². The van der Waals surface area contributed by atoms with E-state index in [2.05, 4.69) is 25.8 Å². The molecule has 2 aromatic heterocycles. The molecule has 3 aromatic rings. The van der Waals surface area contributed by atoms with Gasteiger partial charge in [-0.15, -0.1) is 0 Å². The van der Waals surface area contributed by atoms with Crippen LogP contribution in [0.2, 0.25) is 5.15 Å². The van der Waals surface area contributed by atoms with Crippen LogP contribution in [-0.2, 0) is 0 Å². The average molecular weight is 360 g/mol. The summed E-state index contributed by atoms with van der Waals surface area (Å²) in [6.45, 7) is 2.01. The van der Waals surface area contributed by atoms with Gasteiger partial charge in [0.1, 0.15) is 5.69 Å². The largest absolute Gasteiger partial charge is 0.357 e. The van der Waals surface area contributed by atoms with Crippen LogP contribution < -0.4 is 10.7 Å². The van der Waals surface area contributed by atoms with Gasteiger partial charge in [-0.05, 0) is 30.7 Å². The van der Waals surface area contributed by atoms with E-state index in [9.17, 15) is 4.79 Å². The molecular weight excluding hydrogens is 346 g/mol. The third-order valence-corrected chi connectivity index (χ3v) is 4.49. The minimum Gasteiger partial charge on any atom is -0.357 e. The number of benzene rings is 1. The molecule has 0 spiro atoms. The number of hydrogen-bond acceptors (Lipinski definition) is 5. The van der Waals surface area contributed by atoms with Gasteiger partial charge in [-0.25, -0.2) is 10.4 Å². The first-order valence-corrected chi connectivity index (χ1v) is 8.28. The molecule has 0 radical (unpaired) electrons. The number of H-pyrrole nitrogens is 1. The number of nitrogens with zero attached hydrogens (tertiary/aromatic N) is 2. The molecule has 24 heavy (non-hydrogen) atoms. The van der Waals surface area contributed by atoms with Gasteiger partial charge in [0, 0.05) is 11.9 Å². The number of thiazole rings is 1. The maximum absolute atomic E-state index is 11.8. The fraction of sp³-hybridized carbons (Fsp3) is 0.0625. The fourth-order valence-corrected chi connectivity index (χ4v) is 3.00. The maximum Gasteiger partial charge on any atom is 0.287 e. The van der Waals surface area contributed by atoms with Gasteiger partial charge in [-0.2, -0.15) is 5.10 Å². The van der Waals surface area contributed by atoms with Crippen molar-refractivity contribution in [3.8, 4) is 0 Å². The van der Waals surface area contributed by atoms with Crippen molar-refractivity contribution in [2.45, 2.75) is 6.92 Å². The van der Waals surface area contributed by atoms with Crippen LogP contribution in [0, 0.1) is 6.92 Å². The number of para-hydroxylation sites is 1. The van der Waals surface area contributed by atoms with E-state index in [1.807, 2.05) is 31.2 Å². The van der Waals surface area contributed by atoms with Crippen LogP contribution in [0.25, 0.3) is 0 Å². The normalized spacial score (nSPS) is 10.9. The van der Waals surface area contributed by atoms with Crippen molar-refractivity contribution < 1.29 is 4.79 Å². The Morgan fingerprint density at radius 1 is 1.33 bits per heavy atom. The lowest BCUT2D eigenvalue weighted by molar-refractivity contribution is 0.0951. The van der Waals surface area contributed by atoms with Gasteiger partial charge in [0.05, 0.1) is 11.1 Å². The fourth-order valence-electron chi connectivity index (χ4n) is 1.96. The van der Waals surface area contributed by atoms with Crippen LogP contribution in [0.5, 0.6) is 0 Å². The van der Waals surface area contributed by atoms with Crippen LogP contribution >= 0.6 is 22.9 Å². The number of aromatic nitrogens is 2. The zero-order valence-corrected chi connectivity index (χ0v) is 14.3. The Morgan fingerprint density at radius 3 is 2.92 bits per heavy atom. The summed E-state index contributed by atoms with van der Waals surface area (Å²) in [5.41, 5.74) is 4.94. The number of nitrogens with one attached hydrogen (secondary N) is 3. The summed E-state index contributed by atoms with van der Waals surface area (Å²) in [5.74, 6) is -0.324. The highest BCUT2D eigenvalue weighted by Gasteiger charge is 2.09. The minimum absolute atomic E-state index is 0.324. The summed E-state index contributed by atoms with van der Waals surface area (Å²) in [7, 11) is 0. The van der Waals surface area contributed by atoms with E-state index in [1.165, 1.54) is 17.6 Å². The molecule has 3 N–H and O–H groups in total. The lowest BCUT2D eigenvalue weighted by Gasteiger charge is -2.05. The zero-order chi connectivity index (χ0) is 16.9. The van der Waals surface area contributed by atoms with Gasteiger partial charge < -0.3 is 10.3 Å². The lowest BCUT2D eigenvalue weighted by Crippen LogP contribution is -2.17. The highest BCUT2D eigenvalue weighted by Crippen LogP contribution is 2.28. The number of halogens is 1. The average Bonchev–Trinajstić information content (AvgIpc) is 3.20. The van der Waals surface area contributed by atoms with Gasteiger partial charge >= 0.3 is 0 Å². The van der Waals surface area contributed by atoms with Crippen LogP contribution in [0.15, 0.2) is 47.7 Å². The first kappa shape index (κ1) is 16.2. The molecule has 6 nitrogen and oxygen atoms in total. The number of carbonyl (C=O) groups is 1. The Bertz CT molecular complexity index is 872. The minimum atomic E-state index is -0.324. The molecular formula is C16H14ClN5OS. The Kier molecular flexibility index (Phi) is 4.93. The molecule has 0 fully saturated rings. The van der Waals surface area contributed by atoms with Gasteiger partial charge in [-0.3, -0.25) is 4.79 Å². The zero-order valence-electron chi connectivity index (χ0n) is 12.7. The third-order valence-electron chi connectivity index (χ3n) is 3.19. The third kappa shape index (κ3) is 3.81. The smallest absolute Gasteiger partial charge is 0.287 e. The molecule has 0 aliphatic rings. The highest BCUT2D eigenvalue weighted by atomic mass is 35.5. The van der Waals surface area contributed by atoms with E-state index < -0.39 is 0 Å². The first-order valence-electron chi connectivity index (χ1n) is 7.09. The molecule has 0 bridgehead atoms. The van der Waals surface area contributed by atoms with Gasteiger partial charge in [0.25, 0.3) is 5.91 Å². The molecule has 2 heterocycles. The van der Waals surface area contributed by atoms with E-state index in [-0.39, 0.29) is 5.91 Å². The number of hydrazone groups is 1. The summed E-state index contributed by atoms with van der Waals surface area (Å²) < 4.78 is 0. The van der Waals surface area contributed by atoms with Crippen molar-refractivity contribution in [1.82, 2.24) is 15.4 Å². The number of anilines is 2. The molecule has 3 rings (SSSR count). The number of aromatic amines is 1. The van der Waals surface area contributed by atoms with Crippen molar-refractivity contribution in [2.24, 2.45) is 5.10 Å². The van der Waals surface area contributed by atoms with Crippen molar-refractivity contribution in [1.29, 1.82) is 0 Å². The Morgan fingerprint density at radius 2 is 2.17 bits per heavy atom. The van der Waals surface area contributed by atoms with E-state index in [4.69, 9.17) is 11.6 Å². The maximum atomic E-state index is 11.8. The highest BCUT2D eigenvalue weighted by molar-refractivity contribution is 7.17. The predicted molar refractivity (Wildman–Crippen MR) is 97.4 cm³/mol. The standard InChI is InChI=1S/C16H14ClN5OS/c1-10-5-2-3-6-11(10)20-16-21-14(17)13(24-16)9-19-22-15(23)12-7-4-8-18-12/h2-9,18H,1H3,(H,20,21)(H,22,23)/b19-9+. The second-order valence-corrected chi connectivity index (χ2v) is 6.29. The van der Waals surface area contributed by atoms with Gasteiger partial charge in [0.2, 0.25) is 0 Å².